The molecule has 0 saturated carbocycles. The zero-order valence-electron chi connectivity index (χ0n) is 13.2. The third-order valence-corrected chi connectivity index (χ3v) is 2.94. The van der Waals surface area contributed by atoms with Crippen molar-refractivity contribution in [1.29, 1.82) is 0 Å². The first-order valence-electron chi connectivity index (χ1n) is 6.90. The zero-order chi connectivity index (χ0) is 14.8. The van der Waals surface area contributed by atoms with Gasteiger partial charge in [-0.3, -0.25) is 0 Å². The minimum absolute atomic E-state index is 0.00694. The van der Waals surface area contributed by atoms with Gasteiger partial charge in [-0.25, -0.2) is 9.97 Å². The van der Waals surface area contributed by atoms with Gasteiger partial charge in [0.15, 0.2) is 0 Å². The Morgan fingerprint density at radius 1 is 1.21 bits per heavy atom. The first kappa shape index (κ1) is 15.9. The highest BCUT2D eigenvalue weighted by atomic mass is 16.3. The normalized spacial score (nSPS) is 13.7. The maximum absolute atomic E-state index is 9.51. The molecule has 0 bridgehead atoms. The second-order valence-corrected chi connectivity index (χ2v) is 6.60. The minimum atomic E-state index is -0.374. The molecule has 0 unspecified atom stereocenters. The van der Waals surface area contributed by atoms with Crippen molar-refractivity contribution in [2.24, 2.45) is 0 Å². The summed E-state index contributed by atoms with van der Waals surface area (Å²) in [5.74, 6) is 2.03. The Hall–Kier alpha value is -1.16. The molecule has 1 aromatic heterocycles. The summed E-state index contributed by atoms with van der Waals surface area (Å²) in [6.07, 6.45) is -0.374. The van der Waals surface area contributed by atoms with Crippen LogP contribution in [0.5, 0.6) is 0 Å². The summed E-state index contributed by atoms with van der Waals surface area (Å²) in [5, 5.41) is 9.51. The molecule has 1 heterocycles. The van der Waals surface area contributed by atoms with Gasteiger partial charge in [-0.2, -0.15) is 0 Å². The highest BCUT2D eigenvalue weighted by Crippen LogP contribution is 2.25. The lowest BCUT2D eigenvalue weighted by Gasteiger charge is -2.25. The number of nitrogens with zero attached hydrogens (tertiary/aromatic N) is 3. The van der Waals surface area contributed by atoms with Crippen LogP contribution in [0.4, 0.5) is 5.82 Å². The summed E-state index contributed by atoms with van der Waals surface area (Å²) in [4.78, 5) is 11.2. The molecule has 1 rings (SSSR count). The topological polar surface area (TPSA) is 49.2 Å². The van der Waals surface area contributed by atoms with Crippen molar-refractivity contribution in [3.05, 3.63) is 17.6 Å². The minimum Gasteiger partial charge on any atom is -0.392 e. The summed E-state index contributed by atoms with van der Waals surface area (Å²) in [6.45, 7) is 13.0. The van der Waals surface area contributed by atoms with Gasteiger partial charge < -0.3 is 10.0 Å². The van der Waals surface area contributed by atoms with Crippen LogP contribution < -0.4 is 4.90 Å². The molecule has 4 nitrogen and oxygen atoms in total. The zero-order valence-corrected chi connectivity index (χ0v) is 13.2. The van der Waals surface area contributed by atoms with Crippen molar-refractivity contribution in [2.45, 2.75) is 59.0 Å². The second kappa shape index (κ2) is 5.87. The fraction of sp³-hybridized carbons (Fsp3) is 0.733. The van der Waals surface area contributed by atoms with Crippen LogP contribution in [0.3, 0.4) is 0 Å². The smallest absolute Gasteiger partial charge is 0.133 e. The predicted octanol–water partition coefficient (Wildman–Crippen LogP) is 2.71. The molecule has 108 valence electrons. The number of rotatable bonds is 4. The Balaban J connectivity index is 3.20. The maximum Gasteiger partial charge on any atom is 0.133 e. The Morgan fingerprint density at radius 2 is 1.79 bits per heavy atom. The lowest BCUT2D eigenvalue weighted by molar-refractivity contribution is 0.201. The van der Waals surface area contributed by atoms with E-state index in [1.165, 1.54) is 0 Å². The monoisotopic (exact) mass is 265 g/mol. The Labute approximate surface area is 116 Å². The Morgan fingerprint density at radius 3 is 2.21 bits per heavy atom. The lowest BCUT2D eigenvalue weighted by atomic mass is 9.91. The van der Waals surface area contributed by atoms with Gasteiger partial charge >= 0.3 is 0 Å². The van der Waals surface area contributed by atoms with Crippen LogP contribution in [0.1, 0.15) is 59.0 Å². The SMILES string of the molecule is CC(C)c1nc(N(C)C[C@@H](C)O)cc(C(C)(C)C)n1. The van der Waals surface area contributed by atoms with Gasteiger partial charge in [0.1, 0.15) is 11.6 Å². The summed E-state index contributed by atoms with van der Waals surface area (Å²) < 4.78 is 0. The summed E-state index contributed by atoms with van der Waals surface area (Å²) >= 11 is 0. The van der Waals surface area contributed by atoms with Crippen molar-refractivity contribution in [3.8, 4) is 0 Å². The molecular formula is C15H27N3O. The van der Waals surface area contributed by atoms with Gasteiger partial charge in [-0.1, -0.05) is 34.6 Å². The van der Waals surface area contributed by atoms with E-state index in [1.54, 1.807) is 6.92 Å². The predicted molar refractivity (Wildman–Crippen MR) is 79.8 cm³/mol. The Kier molecular flexibility index (Phi) is 4.91. The van der Waals surface area contributed by atoms with Gasteiger partial charge in [0.2, 0.25) is 0 Å². The van der Waals surface area contributed by atoms with Crippen LogP contribution in [-0.2, 0) is 5.41 Å². The van der Waals surface area contributed by atoms with Gasteiger partial charge in [-0.05, 0) is 6.92 Å². The molecule has 0 aliphatic heterocycles. The number of hydrogen-bond donors (Lipinski definition) is 1. The third kappa shape index (κ3) is 4.46. The molecule has 4 heteroatoms. The molecular weight excluding hydrogens is 238 g/mol. The Bertz CT molecular complexity index is 422. The van der Waals surface area contributed by atoms with E-state index in [9.17, 15) is 5.11 Å². The molecule has 0 radical (unpaired) electrons. The fourth-order valence-corrected chi connectivity index (χ4v) is 1.78. The van der Waals surface area contributed by atoms with E-state index in [0.717, 1.165) is 17.3 Å². The van der Waals surface area contributed by atoms with Gasteiger partial charge in [0, 0.05) is 31.0 Å². The maximum atomic E-state index is 9.51. The van der Waals surface area contributed by atoms with Gasteiger partial charge in [0.05, 0.1) is 11.8 Å². The number of aromatic nitrogens is 2. The second-order valence-electron chi connectivity index (χ2n) is 6.60. The number of anilines is 1. The van der Waals surface area contributed by atoms with Gasteiger partial charge in [-0.15, -0.1) is 0 Å². The van der Waals surface area contributed by atoms with E-state index in [2.05, 4.69) is 44.6 Å². The van der Waals surface area contributed by atoms with Crippen molar-refractivity contribution in [3.63, 3.8) is 0 Å². The number of aliphatic hydroxyl groups is 1. The summed E-state index contributed by atoms with van der Waals surface area (Å²) in [5.41, 5.74) is 1.03. The van der Waals surface area contributed by atoms with Crippen LogP contribution in [0.15, 0.2) is 6.07 Å². The molecule has 1 atom stereocenters. The van der Waals surface area contributed by atoms with E-state index in [0.29, 0.717) is 12.5 Å². The molecule has 1 aromatic rings. The summed E-state index contributed by atoms with van der Waals surface area (Å²) in [7, 11) is 1.95. The number of aliphatic hydroxyl groups excluding tert-OH is 1. The average Bonchev–Trinajstić information content (AvgIpc) is 2.26. The van der Waals surface area contributed by atoms with E-state index in [4.69, 9.17) is 0 Å². The molecule has 0 aromatic carbocycles. The third-order valence-electron chi connectivity index (χ3n) is 2.94. The van der Waals surface area contributed by atoms with Crippen LogP contribution in [0.25, 0.3) is 0 Å². The number of hydrogen-bond acceptors (Lipinski definition) is 4. The van der Waals surface area contributed by atoms with E-state index in [-0.39, 0.29) is 11.5 Å². The fourth-order valence-electron chi connectivity index (χ4n) is 1.78. The first-order valence-corrected chi connectivity index (χ1v) is 6.90. The largest absolute Gasteiger partial charge is 0.392 e. The van der Waals surface area contributed by atoms with Crippen molar-refractivity contribution in [1.82, 2.24) is 9.97 Å². The molecule has 1 N–H and O–H groups in total. The van der Waals surface area contributed by atoms with E-state index < -0.39 is 0 Å². The molecule has 0 spiro atoms. The lowest BCUT2D eigenvalue weighted by Crippen LogP contribution is -2.29. The standard InChI is InChI=1S/C15H27N3O/c1-10(2)14-16-12(15(4,5)6)8-13(17-14)18(7)9-11(3)19/h8,10-11,19H,9H2,1-7H3/t11-/m1/s1. The van der Waals surface area contributed by atoms with E-state index >= 15 is 0 Å². The van der Waals surface area contributed by atoms with Crippen molar-refractivity contribution >= 4 is 5.82 Å². The average molecular weight is 265 g/mol. The molecule has 19 heavy (non-hydrogen) atoms. The van der Waals surface area contributed by atoms with Crippen LogP contribution in [0, 0.1) is 0 Å². The molecule has 0 aliphatic rings. The van der Waals surface area contributed by atoms with Crippen LogP contribution >= 0.6 is 0 Å². The molecule has 0 amide bonds. The van der Waals surface area contributed by atoms with Crippen LogP contribution in [0.2, 0.25) is 0 Å². The highest BCUT2D eigenvalue weighted by Gasteiger charge is 2.20. The van der Waals surface area contributed by atoms with Crippen LogP contribution in [-0.4, -0.2) is 34.8 Å². The quantitative estimate of drug-likeness (QED) is 0.909. The molecule has 0 fully saturated rings. The number of likely N-dealkylation sites (N-methyl/N-ethyl adjacent to an activating group) is 1. The highest BCUT2D eigenvalue weighted by molar-refractivity contribution is 5.41. The molecule has 0 aliphatic carbocycles. The van der Waals surface area contributed by atoms with Crippen molar-refractivity contribution in [2.75, 3.05) is 18.5 Å². The van der Waals surface area contributed by atoms with E-state index in [1.807, 2.05) is 18.0 Å². The molecule has 0 saturated heterocycles. The first-order chi connectivity index (χ1) is 8.61. The van der Waals surface area contributed by atoms with Crippen molar-refractivity contribution < 1.29 is 5.11 Å². The summed E-state index contributed by atoms with van der Waals surface area (Å²) in [6, 6.07) is 2.02. The van der Waals surface area contributed by atoms with Gasteiger partial charge in [0.25, 0.3) is 0 Å².